The average Bonchev–Trinajstić information content (AvgIpc) is 2.65. The van der Waals surface area contributed by atoms with Gasteiger partial charge in [0.15, 0.2) is 0 Å². The van der Waals surface area contributed by atoms with Crippen LogP contribution < -0.4 is 15.4 Å². The van der Waals surface area contributed by atoms with Gasteiger partial charge in [0, 0.05) is 12.6 Å². The quantitative estimate of drug-likeness (QED) is 0.752. The van der Waals surface area contributed by atoms with E-state index in [0.717, 1.165) is 18.2 Å². The zero-order valence-corrected chi connectivity index (χ0v) is 14.4. The molecule has 2 rings (SSSR count). The maximum Gasteiger partial charge on any atom is 0.416 e. The highest BCUT2D eigenvalue weighted by molar-refractivity contribution is 6.02. The molecule has 0 fully saturated rings. The zero-order valence-electron chi connectivity index (χ0n) is 14.4. The molecule has 0 spiro atoms. The van der Waals surface area contributed by atoms with E-state index in [1.54, 1.807) is 0 Å². The third-order valence-electron chi connectivity index (χ3n) is 3.56. The number of benzene rings is 2. The van der Waals surface area contributed by atoms with Crippen LogP contribution in [0.4, 0.5) is 18.9 Å². The minimum atomic E-state index is -4.45. The number of rotatable bonds is 6. The first-order chi connectivity index (χ1) is 12.7. The first kappa shape index (κ1) is 20.0. The van der Waals surface area contributed by atoms with Gasteiger partial charge in [-0.3, -0.25) is 9.59 Å². The Balaban J connectivity index is 2.25. The number of amides is 2. The summed E-state index contributed by atoms with van der Waals surface area (Å²) in [5, 5.41) is 4.96. The second kappa shape index (κ2) is 8.39. The van der Waals surface area contributed by atoms with E-state index in [-0.39, 0.29) is 29.5 Å². The Morgan fingerprint density at radius 1 is 1.19 bits per heavy atom. The Bertz CT molecular complexity index is 864. The summed E-state index contributed by atoms with van der Waals surface area (Å²) >= 11 is 0. The fourth-order valence-electron chi connectivity index (χ4n) is 2.22. The molecule has 0 aliphatic carbocycles. The molecule has 0 radical (unpaired) electrons. The van der Waals surface area contributed by atoms with Crippen molar-refractivity contribution in [1.82, 2.24) is 5.32 Å². The summed E-state index contributed by atoms with van der Waals surface area (Å²) in [4.78, 5) is 23.4. The van der Waals surface area contributed by atoms with Gasteiger partial charge in [0.05, 0.1) is 11.3 Å². The fraction of sp³-hybridized carbons (Fsp3) is 0.158. The molecule has 27 heavy (non-hydrogen) atoms. The van der Waals surface area contributed by atoms with Crippen molar-refractivity contribution < 1.29 is 27.5 Å². The van der Waals surface area contributed by atoms with E-state index in [2.05, 4.69) is 17.2 Å². The molecule has 0 saturated carbocycles. The average molecular weight is 378 g/mol. The van der Waals surface area contributed by atoms with Crippen LogP contribution in [-0.4, -0.2) is 18.9 Å². The molecule has 0 bridgehead atoms. The molecule has 8 heteroatoms. The number of alkyl halides is 3. The monoisotopic (exact) mass is 378 g/mol. The topological polar surface area (TPSA) is 67.4 Å². The maximum absolute atomic E-state index is 12.8. The lowest BCUT2D eigenvalue weighted by molar-refractivity contribution is -0.137. The number of anilines is 1. The lowest BCUT2D eigenvalue weighted by Crippen LogP contribution is -2.18. The van der Waals surface area contributed by atoms with Gasteiger partial charge >= 0.3 is 6.18 Å². The summed E-state index contributed by atoms with van der Waals surface area (Å²) in [6, 6.07) is 9.08. The molecule has 0 aliphatic heterocycles. The van der Waals surface area contributed by atoms with Gasteiger partial charge in [0.25, 0.3) is 5.91 Å². The number of nitrogens with one attached hydrogen (secondary N) is 2. The Hall–Kier alpha value is -3.29. The number of halogens is 3. The standard InChI is InChI=1S/C19H17F3N2O3/c1-3-17(25)24-15-10-13(18(26)23-2)7-8-16(15)27-11-12-5-4-6-14(9-12)19(20,21)22/h3-10H,1,11H2,2H3,(H,23,26)(H,24,25). The van der Waals surface area contributed by atoms with E-state index >= 15 is 0 Å². The normalized spacial score (nSPS) is 10.8. The number of carbonyl (C=O) groups excluding carboxylic acids is 2. The van der Waals surface area contributed by atoms with Crippen LogP contribution in [0.25, 0.3) is 0 Å². The summed E-state index contributed by atoms with van der Waals surface area (Å²) in [6.45, 7) is 3.20. The first-order valence-corrected chi connectivity index (χ1v) is 7.83. The Morgan fingerprint density at radius 3 is 2.56 bits per heavy atom. The highest BCUT2D eigenvalue weighted by Gasteiger charge is 2.30. The van der Waals surface area contributed by atoms with E-state index in [1.165, 1.54) is 37.4 Å². The Labute approximate surface area is 153 Å². The van der Waals surface area contributed by atoms with Gasteiger partial charge in [-0.05, 0) is 42.0 Å². The van der Waals surface area contributed by atoms with Crippen molar-refractivity contribution in [3.05, 3.63) is 71.8 Å². The van der Waals surface area contributed by atoms with E-state index in [1.807, 2.05) is 0 Å². The van der Waals surface area contributed by atoms with Crippen LogP contribution in [0, 0.1) is 0 Å². The van der Waals surface area contributed by atoms with Gasteiger partial charge in [-0.25, -0.2) is 0 Å². The number of hydrogen-bond acceptors (Lipinski definition) is 3. The molecule has 2 aromatic rings. The SMILES string of the molecule is C=CC(=O)Nc1cc(C(=O)NC)ccc1OCc1cccc(C(F)(F)F)c1. The molecule has 0 aromatic heterocycles. The van der Waals surface area contributed by atoms with Crippen LogP contribution in [0.15, 0.2) is 55.1 Å². The number of ether oxygens (including phenoxy) is 1. The Kier molecular flexibility index (Phi) is 6.23. The lowest BCUT2D eigenvalue weighted by Gasteiger charge is -2.14. The van der Waals surface area contributed by atoms with Gasteiger partial charge in [-0.2, -0.15) is 13.2 Å². The molecule has 2 amide bonds. The van der Waals surface area contributed by atoms with Gasteiger partial charge in [-0.1, -0.05) is 18.7 Å². The van der Waals surface area contributed by atoms with Crippen molar-refractivity contribution >= 4 is 17.5 Å². The smallest absolute Gasteiger partial charge is 0.416 e. The highest BCUT2D eigenvalue weighted by atomic mass is 19.4. The molecule has 0 aliphatic rings. The summed E-state index contributed by atoms with van der Waals surface area (Å²) in [6.07, 6.45) is -3.41. The molecule has 0 saturated heterocycles. The van der Waals surface area contributed by atoms with E-state index in [4.69, 9.17) is 4.74 Å². The van der Waals surface area contributed by atoms with E-state index in [0.29, 0.717) is 5.56 Å². The lowest BCUT2D eigenvalue weighted by atomic mass is 10.1. The molecule has 5 nitrogen and oxygen atoms in total. The third kappa shape index (κ3) is 5.34. The maximum atomic E-state index is 12.8. The van der Waals surface area contributed by atoms with Gasteiger partial charge in [0.2, 0.25) is 5.91 Å². The van der Waals surface area contributed by atoms with Crippen molar-refractivity contribution in [3.63, 3.8) is 0 Å². The summed E-state index contributed by atoms with van der Waals surface area (Å²) in [5.74, 6) is -0.684. The fourth-order valence-corrected chi connectivity index (χ4v) is 2.22. The third-order valence-corrected chi connectivity index (χ3v) is 3.56. The van der Waals surface area contributed by atoms with Crippen LogP contribution in [0.5, 0.6) is 5.75 Å². The predicted molar refractivity (Wildman–Crippen MR) is 94.4 cm³/mol. The second-order valence-corrected chi connectivity index (χ2v) is 5.47. The first-order valence-electron chi connectivity index (χ1n) is 7.83. The van der Waals surface area contributed by atoms with Crippen LogP contribution in [0.1, 0.15) is 21.5 Å². The van der Waals surface area contributed by atoms with Crippen LogP contribution in [0.3, 0.4) is 0 Å². The van der Waals surface area contributed by atoms with Crippen molar-refractivity contribution in [3.8, 4) is 5.75 Å². The van der Waals surface area contributed by atoms with Crippen molar-refractivity contribution in [2.75, 3.05) is 12.4 Å². The largest absolute Gasteiger partial charge is 0.487 e. The number of carbonyl (C=O) groups is 2. The van der Waals surface area contributed by atoms with Crippen molar-refractivity contribution in [2.45, 2.75) is 12.8 Å². The number of hydrogen-bond donors (Lipinski definition) is 2. The molecular weight excluding hydrogens is 361 g/mol. The van der Waals surface area contributed by atoms with Gasteiger partial charge in [0.1, 0.15) is 12.4 Å². The molecule has 0 atom stereocenters. The van der Waals surface area contributed by atoms with E-state index < -0.39 is 17.6 Å². The van der Waals surface area contributed by atoms with Crippen molar-refractivity contribution in [1.29, 1.82) is 0 Å². The van der Waals surface area contributed by atoms with Crippen molar-refractivity contribution in [2.24, 2.45) is 0 Å². The van der Waals surface area contributed by atoms with Gasteiger partial charge in [-0.15, -0.1) is 0 Å². The van der Waals surface area contributed by atoms with Crippen LogP contribution >= 0.6 is 0 Å². The van der Waals surface area contributed by atoms with Gasteiger partial charge < -0.3 is 15.4 Å². The second-order valence-electron chi connectivity index (χ2n) is 5.47. The minimum Gasteiger partial charge on any atom is -0.487 e. The molecule has 0 unspecified atom stereocenters. The predicted octanol–water partition coefficient (Wildman–Crippen LogP) is 3.77. The van der Waals surface area contributed by atoms with Crippen LogP contribution in [0.2, 0.25) is 0 Å². The molecule has 2 aromatic carbocycles. The van der Waals surface area contributed by atoms with Crippen LogP contribution in [-0.2, 0) is 17.6 Å². The molecule has 2 N–H and O–H groups in total. The van der Waals surface area contributed by atoms with E-state index in [9.17, 15) is 22.8 Å². The minimum absolute atomic E-state index is 0.153. The summed E-state index contributed by atoms with van der Waals surface area (Å²) in [7, 11) is 1.46. The summed E-state index contributed by atoms with van der Waals surface area (Å²) < 4.78 is 43.9. The summed E-state index contributed by atoms with van der Waals surface area (Å²) in [5.41, 5.74) is 0.0104. The molecule has 142 valence electrons. The zero-order chi connectivity index (χ0) is 20.0. The highest BCUT2D eigenvalue weighted by Crippen LogP contribution is 2.31. The Morgan fingerprint density at radius 2 is 1.93 bits per heavy atom. The molecular formula is C19H17F3N2O3. The molecule has 0 heterocycles.